The third-order valence-electron chi connectivity index (χ3n) is 4.33. The molecular formula is C15H31NO2. The molecule has 1 atom stereocenters. The van der Waals surface area contributed by atoms with Crippen LogP contribution < -0.4 is 5.32 Å². The van der Waals surface area contributed by atoms with E-state index in [0.29, 0.717) is 6.04 Å². The number of likely N-dealkylation sites (N-methyl/N-ethyl adjacent to an activating group) is 1. The first-order valence-electron chi connectivity index (χ1n) is 7.59. The van der Waals surface area contributed by atoms with Crippen molar-refractivity contribution in [2.75, 3.05) is 27.4 Å². The highest BCUT2D eigenvalue weighted by molar-refractivity contribution is 4.94. The Morgan fingerprint density at radius 3 is 2.39 bits per heavy atom. The Labute approximate surface area is 113 Å². The molecule has 3 heteroatoms. The zero-order valence-corrected chi connectivity index (χ0v) is 12.5. The van der Waals surface area contributed by atoms with E-state index in [2.05, 4.69) is 19.3 Å². The zero-order chi connectivity index (χ0) is 13.3. The summed E-state index contributed by atoms with van der Waals surface area (Å²) in [5.41, 5.74) is -0.00223. The van der Waals surface area contributed by atoms with E-state index in [9.17, 15) is 0 Å². The van der Waals surface area contributed by atoms with E-state index < -0.39 is 0 Å². The van der Waals surface area contributed by atoms with Crippen LogP contribution in [-0.4, -0.2) is 39.0 Å². The number of rotatable bonds is 9. The van der Waals surface area contributed by atoms with Crippen molar-refractivity contribution in [1.82, 2.24) is 5.32 Å². The lowest BCUT2D eigenvalue weighted by molar-refractivity contribution is -0.110. The molecule has 0 aromatic heterocycles. The van der Waals surface area contributed by atoms with E-state index in [4.69, 9.17) is 9.47 Å². The number of methoxy groups -OCH3 is 1. The summed E-state index contributed by atoms with van der Waals surface area (Å²) in [7, 11) is 3.92. The minimum atomic E-state index is -0.00223. The van der Waals surface area contributed by atoms with Crippen LogP contribution in [-0.2, 0) is 9.47 Å². The molecule has 108 valence electrons. The largest absolute Gasteiger partial charge is 0.381 e. The van der Waals surface area contributed by atoms with Gasteiger partial charge in [-0.15, -0.1) is 0 Å². The Morgan fingerprint density at radius 1 is 1.17 bits per heavy atom. The van der Waals surface area contributed by atoms with Gasteiger partial charge in [0.15, 0.2) is 0 Å². The smallest absolute Gasteiger partial charge is 0.0874 e. The summed E-state index contributed by atoms with van der Waals surface area (Å²) in [6.45, 7) is 3.93. The van der Waals surface area contributed by atoms with E-state index in [0.717, 1.165) is 26.1 Å². The molecule has 0 radical (unpaired) electrons. The van der Waals surface area contributed by atoms with Crippen LogP contribution in [0.4, 0.5) is 0 Å². The number of unbranched alkanes of at least 4 members (excludes halogenated alkanes) is 4. The van der Waals surface area contributed by atoms with Gasteiger partial charge in [-0.25, -0.2) is 0 Å². The molecule has 0 aliphatic carbocycles. The molecule has 1 heterocycles. The van der Waals surface area contributed by atoms with Gasteiger partial charge in [0.05, 0.1) is 5.60 Å². The Balaban J connectivity index is 2.37. The molecule has 0 saturated carbocycles. The maximum Gasteiger partial charge on any atom is 0.0874 e. The molecule has 0 aromatic rings. The summed E-state index contributed by atoms with van der Waals surface area (Å²) >= 11 is 0. The molecule has 0 bridgehead atoms. The van der Waals surface area contributed by atoms with Crippen molar-refractivity contribution in [3.05, 3.63) is 0 Å². The molecule has 18 heavy (non-hydrogen) atoms. The van der Waals surface area contributed by atoms with Crippen molar-refractivity contribution in [2.24, 2.45) is 0 Å². The zero-order valence-electron chi connectivity index (χ0n) is 12.5. The van der Waals surface area contributed by atoms with E-state index in [1.165, 1.54) is 38.5 Å². The topological polar surface area (TPSA) is 30.5 Å². The summed E-state index contributed by atoms with van der Waals surface area (Å²) in [5.74, 6) is 0. The van der Waals surface area contributed by atoms with Crippen molar-refractivity contribution in [3.63, 3.8) is 0 Å². The summed E-state index contributed by atoms with van der Waals surface area (Å²) in [4.78, 5) is 0. The molecule has 1 aliphatic rings. The first-order chi connectivity index (χ1) is 8.79. The van der Waals surface area contributed by atoms with Gasteiger partial charge in [0, 0.05) is 39.2 Å². The first kappa shape index (κ1) is 15.9. The molecule has 1 rings (SSSR count). The molecular weight excluding hydrogens is 226 g/mol. The van der Waals surface area contributed by atoms with Crippen LogP contribution in [0.25, 0.3) is 0 Å². The fourth-order valence-electron chi connectivity index (χ4n) is 3.03. The lowest BCUT2D eigenvalue weighted by Gasteiger charge is -2.42. The summed E-state index contributed by atoms with van der Waals surface area (Å²) in [5, 5.41) is 3.47. The number of hydrogen-bond donors (Lipinski definition) is 1. The van der Waals surface area contributed by atoms with E-state index in [1.54, 1.807) is 0 Å². The Hall–Kier alpha value is -0.120. The minimum Gasteiger partial charge on any atom is -0.381 e. The van der Waals surface area contributed by atoms with Gasteiger partial charge in [-0.1, -0.05) is 39.0 Å². The van der Waals surface area contributed by atoms with Gasteiger partial charge in [0.25, 0.3) is 0 Å². The van der Waals surface area contributed by atoms with Gasteiger partial charge < -0.3 is 14.8 Å². The number of ether oxygens (including phenoxy) is 2. The van der Waals surface area contributed by atoms with Crippen molar-refractivity contribution in [2.45, 2.75) is 69.9 Å². The van der Waals surface area contributed by atoms with Crippen LogP contribution in [0, 0.1) is 0 Å². The summed E-state index contributed by atoms with van der Waals surface area (Å²) < 4.78 is 11.3. The van der Waals surface area contributed by atoms with Crippen molar-refractivity contribution < 1.29 is 9.47 Å². The van der Waals surface area contributed by atoms with Crippen LogP contribution in [0.5, 0.6) is 0 Å². The van der Waals surface area contributed by atoms with Crippen LogP contribution in [0.1, 0.15) is 58.3 Å². The van der Waals surface area contributed by atoms with Crippen LogP contribution >= 0.6 is 0 Å². The predicted molar refractivity (Wildman–Crippen MR) is 76.0 cm³/mol. The maximum atomic E-state index is 5.87. The van der Waals surface area contributed by atoms with Gasteiger partial charge in [0.1, 0.15) is 0 Å². The second kappa shape index (κ2) is 8.89. The van der Waals surface area contributed by atoms with Crippen molar-refractivity contribution in [1.29, 1.82) is 0 Å². The average molecular weight is 257 g/mol. The average Bonchev–Trinajstić information content (AvgIpc) is 2.43. The SMILES string of the molecule is CCCCCCCC(NC)C1(OC)CCOCC1. The molecule has 1 aliphatic heterocycles. The molecule has 1 saturated heterocycles. The highest BCUT2D eigenvalue weighted by Gasteiger charge is 2.39. The van der Waals surface area contributed by atoms with Gasteiger partial charge >= 0.3 is 0 Å². The standard InChI is InChI=1S/C15H31NO2/c1-4-5-6-7-8-9-14(16-2)15(17-3)10-12-18-13-11-15/h14,16H,4-13H2,1-3H3. The fraction of sp³-hybridized carbons (Fsp3) is 1.00. The molecule has 1 fully saturated rings. The molecule has 0 amide bonds. The summed E-state index contributed by atoms with van der Waals surface area (Å²) in [6.07, 6.45) is 9.96. The molecule has 0 aromatic carbocycles. The maximum absolute atomic E-state index is 5.87. The van der Waals surface area contributed by atoms with Crippen LogP contribution in [0.15, 0.2) is 0 Å². The Morgan fingerprint density at radius 2 is 1.83 bits per heavy atom. The second-order valence-electron chi connectivity index (χ2n) is 5.43. The Kier molecular flexibility index (Phi) is 7.87. The molecule has 3 nitrogen and oxygen atoms in total. The first-order valence-corrected chi connectivity index (χ1v) is 7.59. The van der Waals surface area contributed by atoms with Gasteiger partial charge in [0.2, 0.25) is 0 Å². The lowest BCUT2D eigenvalue weighted by Crippen LogP contribution is -2.54. The van der Waals surface area contributed by atoms with Gasteiger partial charge in [-0.2, -0.15) is 0 Å². The van der Waals surface area contributed by atoms with Crippen LogP contribution in [0.3, 0.4) is 0 Å². The third kappa shape index (κ3) is 4.52. The van der Waals surface area contributed by atoms with E-state index in [1.807, 2.05) is 7.11 Å². The van der Waals surface area contributed by atoms with Gasteiger partial charge in [-0.3, -0.25) is 0 Å². The molecule has 1 N–H and O–H groups in total. The highest BCUT2D eigenvalue weighted by Crippen LogP contribution is 2.30. The third-order valence-corrected chi connectivity index (χ3v) is 4.33. The highest BCUT2D eigenvalue weighted by atomic mass is 16.5. The summed E-state index contributed by atoms with van der Waals surface area (Å²) in [6, 6.07) is 0.466. The lowest BCUT2D eigenvalue weighted by atomic mass is 9.83. The van der Waals surface area contributed by atoms with Crippen molar-refractivity contribution in [3.8, 4) is 0 Å². The Bertz CT molecular complexity index is 203. The quantitative estimate of drug-likeness (QED) is 0.644. The molecule has 0 spiro atoms. The molecule has 1 unspecified atom stereocenters. The van der Waals surface area contributed by atoms with E-state index >= 15 is 0 Å². The van der Waals surface area contributed by atoms with E-state index in [-0.39, 0.29) is 5.60 Å². The predicted octanol–water partition coefficient (Wildman–Crippen LogP) is 3.13. The number of hydrogen-bond acceptors (Lipinski definition) is 3. The van der Waals surface area contributed by atoms with Crippen molar-refractivity contribution >= 4 is 0 Å². The van der Waals surface area contributed by atoms with Gasteiger partial charge in [-0.05, 0) is 13.5 Å². The van der Waals surface area contributed by atoms with Crippen LogP contribution in [0.2, 0.25) is 0 Å². The fourth-order valence-corrected chi connectivity index (χ4v) is 3.03. The second-order valence-corrected chi connectivity index (χ2v) is 5.43. The number of nitrogens with one attached hydrogen (secondary N) is 1. The normalized spacial score (nSPS) is 20.8. The monoisotopic (exact) mass is 257 g/mol. The minimum absolute atomic E-state index is 0.00223.